The van der Waals surface area contributed by atoms with Crippen molar-refractivity contribution in [1.82, 2.24) is 14.5 Å². The number of hydrogen-bond acceptors (Lipinski definition) is 3. The number of imidazole rings is 1. The van der Waals surface area contributed by atoms with Crippen LogP contribution in [0.15, 0.2) is 24.3 Å². The van der Waals surface area contributed by atoms with E-state index < -0.39 is 0 Å². The van der Waals surface area contributed by atoms with Crippen molar-refractivity contribution in [3.63, 3.8) is 0 Å². The number of carbonyl (C=O) groups excluding carboxylic acids is 2. The molecule has 2 amide bonds. The van der Waals surface area contributed by atoms with Gasteiger partial charge in [0.2, 0.25) is 17.8 Å². The molecule has 1 aromatic heterocycles. The normalized spacial score (nSPS) is 20.8. The fraction of sp³-hybridized carbons (Fsp3) is 0.500. The van der Waals surface area contributed by atoms with Gasteiger partial charge in [-0.25, -0.2) is 4.98 Å². The van der Waals surface area contributed by atoms with Gasteiger partial charge >= 0.3 is 0 Å². The molecule has 1 atom stereocenters. The molecule has 1 saturated carbocycles. The number of hydrogen-bond donors (Lipinski definition) is 1. The Hall–Kier alpha value is -2.37. The summed E-state index contributed by atoms with van der Waals surface area (Å²) in [7, 11) is 0. The predicted octanol–water partition coefficient (Wildman–Crippen LogP) is 2.25. The molecule has 1 aromatic carbocycles. The first kappa shape index (κ1) is 15.2. The second kappa shape index (κ2) is 5.92. The summed E-state index contributed by atoms with van der Waals surface area (Å²) in [5, 5.41) is 2.94. The molecule has 1 saturated heterocycles. The topological polar surface area (TPSA) is 67.2 Å². The summed E-state index contributed by atoms with van der Waals surface area (Å²) in [6.07, 6.45) is 2.73. The Kier molecular flexibility index (Phi) is 3.75. The average Bonchev–Trinajstić information content (AvgIpc) is 3.21. The number of likely N-dealkylation sites (tertiary alicyclic amines) is 1. The van der Waals surface area contributed by atoms with E-state index in [0.29, 0.717) is 24.8 Å². The van der Waals surface area contributed by atoms with E-state index in [4.69, 9.17) is 0 Å². The van der Waals surface area contributed by atoms with Crippen LogP contribution in [0.2, 0.25) is 0 Å². The molecule has 0 bridgehead atoms. The number of nitrogens with zero attached hydrogens (tertiary/aromatic N) is 3. The standard InChI is InChI=1S/C18H22N4O2/c1-2-22-15-6-4-3-5-14(15)19-18(22)20-17(24)13-9-16(23)21(11-13)10-12-7-8-12/h3-6,12-13H,2,7-11H2,1H3,(H,19,20,24). The Morgan fingerprint density at radius 3 is 2.88 bits per heavy atom. The molecule has 2 fully saturated rings. The number of amides is 2. The molecule has 0 spiro atoms. The summed E-state index contributed by atoms with van der Waals surface area (Å²) < 4.78 is 1.99. The van der Waals surface area contributed by atoms with Crippen molar-refractivity contribution in [1.29, 1.82) is 0 Å². The summed E-state index contributed by atoms with van der Waals surface area (Å²) in [4.78, 5) is 31.1. The van der Waals surface area contributed by atoms with Crippen LogP contribution < -0.4 is 5.32 Å². The number of benzene rings is 1. The Morgan fingerprint density at radius 2 is 2.12 bits per heavy atom. The van der Waals surface area contributed by atoms with E-state index in [1.165, 1.54) is 12.8 Å². The molecule has 0 radical (unpaired) electrons. The van der Waals surface area contributed by atoms with E-state index in [-0.39, 0.29) is 17.7 Å². The monoisotopic (exact) mass is 326 g/mol. The third kappa shape index (κ3) is 2.77. The van der Waals surface area contributed by atoms with Crippen molar-refractivity contribution >= 4 is 28.8 Å². The Balaban J connectivity index is 1.49. The molecule has 1 unspecified atom stereocenters. The summed E-state index contributed by atoms with van der Waals surface area (Å²) >= 11 is 0. The van der Waals surface area contributed by atoms with Gasteiger partial charge in [0.15, 0.2) is 0 Å². The van der Waals surface area contributed by atoms with Crippen molar-refractivity contribution < 1.29 is 9.59 Å². The molecule has 2 heterocycles. The number of fused-ring (bicyclic) bond motifs is 1. The minimum Gasteiger partial charge on any atom is -0.342 e. The molecule has 4 rings (SSSR count). The fourth-order valence-electron chi connectivity index (χ4n) is 3.44. The van der Waals surface area contributed by atoms with Crippen LogP contribution in [0.4, 0.5) is 5.95 Å². The lowest BCUT2D eigenvalue weighted by molar-refractivity contribution is -0.128. The molecule has 1 N–H and O–H groups in total. The van der Waals surface area contributed by atoms with Crippen molar-refractivity contribution in [2.75, 3.05) is 18.4 Å². The van der Waals surface area contributed by atoms with E-state index in [1.807, 2.05) is 40.7 Å². The quantitative estimate of drug-likeness (QED) is 0.916. The first-order chi connectivity index (χ1) is 11.7. The Bertz CT molecular complexity index is 793. The number of aryl methyl sites for hydroxylation is 1. The summed E-state index contributed by atoms with van der Waals surface area (Å²) in [6, 6.07) is 7.84. The maximum absolute atomic E-state index is 12.6. The second-order valence-corrected chi connectivity index (χ2v) is 6.80. The van der Waals surface area contributed by atoms with Crippen molar-refractivity contribution in [2.24, 2.45) is 11.8 Å². The highest BCUT2D eigenvalue weighted by Gasteiger charge is 2.37. The molecular formula is C18H22N4O2. The van der Waals surface area contributed by atoms with E-state index in [0.717, 1.165) is 24.1 Å². The number of nitrogens with one attached hydrogen (secondary N) is 1. The predicted molar refractivity (Wildman–Crippen MR) is 91.4 cm³/mol. The third-order valence-electron chi connectivity index (χ3n) is 4.97. The molecule has 126 valence electrons. The number of rotatable bonds is 5. The van der Waals surface area contributed by atoms with E-state index in [2.05, 4.69) is 10.3 Å². The van der Waals surface area contributed by atoms with E-state index >= 15 is 0 Å². The van der Waals surface area contributed by atoms with Crippen molar-refractivity contribution in [2.45, 2.75) is 32.7 Å². The minimum absolute atomic E-state index is 0.103. The van der Waals surface area contributed by atoms with Crippen LogP contribution in [0.1, 0.15) is 26.2 Å². The van der Waals surface area contributed by atoms with Crippen LogP contribution >= 0.6 is 0 Å². The van der Waals surface area contributed by atoms with Crippen LogP contribution in [0.25, 0.3) is 11.0 Å². The Labute approximate surface area is 140 Å². The molecule has 6 heteroatoms. The molecule has 6 nitrogen and oxygen atoms in total. The molecule has 24 heavy (non-hydrogen) atoms. The number of aromatic nitrogens is 2. The fourth-order valence-corrected chi connectivity index (χ4v) is 3.44. The molecule has 1 aliphatic heterocycles. The largest absolute Gasteiger partial charge is 0.342 e. The summed E-state index contributed by atoms with van der Waals surface area (Å²) in [6.45, 7) is 4.11. The smallest absolute Gasteiger partial charge is 0.232 e. The second-order valence-electron chi connectivity index (χ2n) is 6.80. The highest BCUT2D eigenvalue weighted by Crippen LogP contribution is 2.32. The number of para-hydroxylation sites is 2. The van der Waals surface area contributed by atoms with Gasteiger partial charge in [-0.3, -0.25) is 14.9 Å². The lowest BCUT2D eigenvalue weighted by atomic mass is 10.1. The highest BCUT2D eigenvalue weighted by atomic mass is 16.2. The summed E-state index contributed by atoms with van der Waals surface area (Å²) in [5.74, 6) is 0.941. The highest BCUT2D eigenvalue weighted by molar-refractivity contribution is 5.97. The molecule has 2 aliphatic rings. The zero-order chi connectivity index (χ0) is 16.7. The van der Waals surface area contributed by atoms with Gasteiger partial charge in [0.05, 0.1) is 17.0 Å². The maximum atomic E-state index is 12.6. The zero-order valence-corrected chi connectivity index (χ0v) is 13.9. The van der Waals surface area contributed by atoms with Crippen molar-refractivity contribution in [3.8, 4) is 0 Å². The van der Waals surface area contributed by atoms with Gasteiger partial charge in [-0.1, -0.05) is 12.1 Å². The van der Waals surface area contributed by atoms with Gasteiger partial charge < -0.3 is 9.47 Å². The van der Waals surface area contributed by atoms with E-state index in [1.54, 1.807) is 0 Å². The minimum atomic E-state index is -0.277. The van der Waals surface area contributed by atoms with Gasteiger partial charge in [-0.05, 0) is 37.8 Å². The number of anilines is 1. The lowest BCUT2D eigenvalue weighted by Crippen LogP contribution is -2.30. The first-order valence-electron chi connectivity index (χ1n) is 8.69. The number of carbonyl (C=O) groups is 2. The van der Waals surface area contributed by atoms with Gasteiger partial charge in [0.25, 0.3) is 0 Å². The third-order valence-corrected chi connectivity index (χ3v) is 4.97. The van der Waals surface area contributed by atoms with Gasteiger partial charge in [-0.15, -0.1) is 0 Å². The lowest BCUT2D eigenvalue weighted by Gasteiger charge is -2.16. The van der Waals surface area contributed by atoms with Crippen molar-refractivity contribution in [3.05, 3.63) is 24.3 Å². The molecular weight excluding hydrogens is 304 g/mol. The SMILES string of the molecule is CCn1c(NC(=O)C2CC(=O)N(CC3CC3)C2)nc2ccccc21. The average molecular weight is 326 g/mol. The van der Waals surface area contributed by atoms with Crippen LogP contribution in [-0.4, -0.2) is 39.4 Å². The zero-order valence-electron chi connectivity index (χ0n) is 13.9. The van der Waals surface area contributed by atoms with Gasteiger partial charge in [0.1, 0.15) is 0 Å². The van der Waals surface area contributed by atoms with Crippen LogP contribution in [0.5, 0.6) is 0 Å². The summed E-state index contributed by atoms with van der Waals surface area (Å²) in [5.41, 5.74) is 1.88. The van der Waals surface area contributed by atoms with Gasteiger partial charge in [0, 0.05) is 26.1 Å². The maximum Gasteiger partial charge on any atom is 0.232 e. The van der Waals surface area contributed by atoms with Gasteiger partial charge in [-0.2, -0.15) is 0 Å². The Morgan fingerprint density at radius 1 is 1.33 bits per heavy atom. The molecule has 2 aromatic rings. The van der Waals surface area contributed by atoms with Crippen LogP contribution in [0.3, 0.4) is 0 Å². The van der Waals surface area contributed by atoms with E-state index in [9.17, 15) is 9.59 Å². The first-order valence-corrected chi connectivity index (χ1v) is 8.69. The van der Waals surface area contributed by atoms with Crippen LogP contribution in [-0.2, 0) is 16.1 Å². The molecule has 1 aliphatic carbocycles. The van der Waals surface area contributed by atoms with Crippen LogP contribution in [0, 0.1) is 11.8 Å².